The van der Waals surface area contributed by atoms with E-state index in [1.807, 2.05) is 26.0 Å². The number of nitrogens with zero attached hydrogens (tertiary/aromatic N) is 3. The number of fused-ring (bicyclic) bond motifs is 1. The van der Waals surface area contributed by atoms with Gasteiger partial charge in [-0.25, -0.2) is 9.50 Å². The lowest BCUT2D eigenvalue weighted by molar-refractivity contribution is -0.141. The lowest BCUT2D eigenvalue weighted by atomic mass is 10.1. The molecule has 0 bridgehead atoms. The van der Waals surface area contributed by atoms with Gasteiger partial charge in [-0.1, -0.05) is 6.92 Å². The van der Waals surface area contributed by atoms with E-state index in [4.69, 9.17) is 5.11 Å². The van der Waals surface area contributed by atoms with Crippen LogP contribution in [0.3, 0.4) is 0 Å². The summed E-state index contributed by atoms with van der Waals surface area (Å²) in [5.74, 6) is -1.23. The van der Waals surface area contributed by atoms with Gasteiger partial charge in [0.1, 0.15) is 0 Å². The standard InChI is InChI=1S/C12H15N3O2/c1-7(12(16)17)4-10-6-11-13-8(2)5-9(3)15(11)14-10/h5-7H,4H2,1-3H3,(H,16,17). The van der Waals surface area contributed by atoms with Gasteiger partial charge >= 0.3 is 5.97 Å². The Bertz CT molecular complexity index is 574. The second-order valence-electron chi connectivity index (χ2n) is 4.39. The van der Waals surface area contributed by atoms with E-state index in [1.54, 1.807) is 11.4 Å². The van der Waals surface area contributed by atoms with Crippen molar-refractivity contribution in [1.29, 1.82) is 0 Å². The van der Waals surface area contributed by atoms with Gasteiger partial charge in [-0.2, -0.15) is 5.10 Å². The first-order valence-corrected chi connectivity index (χ1v) is 5.53. The summed E-state index contributed by atoms with van der Waals surface area (Å²) in [4.78, 5) is 15.2. The Kier molecular flexibility index (Phi) is 2.83. The zero-order valence-electron chi connectivity index (χ0n) is 10.1. The van der Waals surface area contributed by atoms with E-state index in [9.17, 15) is 4.79 Å². The molecule has 0 saturated heterocycles. The van der Waals surface area contributed by atoms with Crippen molar-refractivity contribution in [3.8, 4) is 0 Å². The fourth-order valence-electron chi connectivity index (χ4n) is 1.84. The zero-order chi connectivity index (χ0) is 12.6. The molecule has 17 heavy (non-hydrogen) atoms. The van der Waals surface area contributed by atoms with Gasteiger partial charge in [-0.3, -0.25) is 4.79 Å². The van der Waals surface area contributed by atoms with Crippen LogP contribution in [0.2, 0.25) is 0 Å². The Morgan fingerprint density at radius 2 is 2.18 bits per heavy atom. The molecule has 0 amide bonds. The van der Waals surface area contributed by atoms with Crippen molar-refractivity contribution < 1.29 is 9.90 Å². The highest BCUT2D eigenvalue weighted by molar-refractivity contribution is 5.69. The molecular weight excluding hydrogens is 218 g/mol. The van der Waals surface area contributed by atoms with Crippen LogP contribution in [0.5, 0.6) is 0 Å². The number of rotatable bonds is 3. The van der Waals surface area contributed by atoms with E-state index in [0.29, 0.717) is 6.42 Å². The van der Waals surface area contributed by atoms with Crippen LogP contribution in [-0.4, -0.2) is 25.7 Å². The lowest BCUT2D eigenvalue weighted by Crippen LogP contribution is -2.12. The Morgan fingerprint density at radius 3 is 2.82 bits per heavy atom. The Hall–Kier alpha value is -1.91. The fraction of sp³-hybridized carbons (Fsp3) is 0.417. The number of aryl methyl sites for hydroxylation is 2. The van der Waals surface area contributed by atoms with Crippen LogP contribution in [0, 0.1) is 19.8 Å². The molecular formula is C12H15N3O2. The van der Waals surface area contributed by atoms with Crippen molar-refractivity contribution in [2.75, 3.05) is 0 Å². The Balaban J connectivity index is 2.38. The van der Waals surface area contributed by atoms with Gasteiger partial charge in [0, 0.05) is 23.9 Å². The lowest BCUT2D eigenvalue weighted by Gasteiger charge is -2.01. The Labute approximate surface area is 99.1 Å². The van der Waals surface area contributed by atoms with Crippen LogP contribution in [0.15, 0.2) is 12.1 Å². The molecule has 2 rings (SSSR count). The SMILES string of the molecule is Cc1cc(C)n2nc(CC(C)C(=O)O)cc2n1. The summed E-state index contributed by atoms with van der Waals surface area (Å²) in [6.45, 7) is 5.57. The van der Waals surface area contributed by atoms with Crippen molar-refractivity contribution in [2.45, 2.75) is 27.2 Å². The highest BCUT2D eigenvalue weighted by atomic mass is 16.4. The number of aliphatic carboxylic acids is 1. The molecule has 0 aliphatic heterocycles. The minimum atomic E-state index is -0.803. The maximum absolute atomic E-state index is 10.8. The number of carboxylic acid groups (broad SMARTS) is 1. The molecule has 90 valence electrons. The molecule has 0 radical (unpaired) electrons. The van der Waals surface area contributed by atoms with Crippen LogP contribution in [0.4, 0.5) is 0 Å². The van der Waals surface area contributed by atoms with Crippen molar-refractivity contribution >= 4 is 11.6 Å². The topological polar surface area (TPSA) is 67.5 Å². The summed E-state index contributed by atoms with van der Waals surface area (Å²) < 4.78 is 1.75. The molecule has 2 aromatic rings. The maximum Gasteiger partial charge on any atom is 0.306 e. The number of carbonyl (C=O) groups is 1. The largest absolute Gasteiger partial charge is 0.481 e. The van der Waals surface area contributed by atoms with Crippen molar-refractivity contribution in [3.05, 3.63) is 29.2 Å². The van der Waals surface area contributed by atoms with E-state index in [1.165, 1.54) is 0 Å². The van der Waals surface area contributed by atoms with E-state index in [-0.39, 0.29) is 0 Å². The van der Waals surface area contributed by atoms with E-state index in [0.717, 1.165) is 22.7 Å². The molecule has 0 spiro atoms. The number of aromatic nitrogens is 3. The van der Waals surface area contributed by atoms with Crippen LogP contribution in [0.1, 0.15) is 24.0 Å². The molecule has 1 N–H and O–H groups in total. The molecule has 1 atom stereocenters. The van der Waals surface area contributed by atoms with Crippen molar-refractivity contribution in [1.82, 2.24) is 14.6 Å². The molecule has 0 fully saturated rings. The molecule has 1 unspecified atom stereocenters. The average molecular weight is 233 g/mol. The van der Waals surface area contributed by atoms with Gasteiger partial charge in [0.2, 0.25) is 0 Å². The fourth-order valence-corrected chi connectivity index (χ4v) is 1.84. The molecule has 0 aromatic carbocycles. The van der Waals surface area contributed by atoms with E-state index >= 15 is 0 Å². The van der Waals surface area contributed by atoms with Crippen molar-refractivity contribution in [3.63, 3.8) is 0 Å². The molecule has 0 saturated carbocycles. The van der Waals surface area contributed by atoms with E-state index in [2.05, 4.69) is 10.1 Å². The number of hydrogen-bond acceptors (Lipinski definition) is 3. The first-order chi connectivity index (χ1) is 7.97. The second-order valence-corrected chi connectivity index (χ2v) is 4.39. The van der Waals surface area contributed by atoms with Gasteiger partial charge in [0.25, 0.3) is 0 Å². The molecule has 0 aliphatic rings. The molecule has 2 heterocycles. The zero-order valence-corrected chi connectivity index (χ0v) is 10.1. The first-order valence-electron chi connectivity index (χ1n) is 5.53. The summed E-state index contributed by atoms with van der Waals surface area (Å²) in [5, 5.41) is 13.2. The quantitative estimate of drug-likeness (QED) is 0.874. The van der Waals surface area contributed by atoms with Gasteiger partial charge in [0.05, 0.1) is 11.6 Å². The van der Waals surface area contributed by atoms with Gasteiger partial charge < -0.3 is 5.11 Å². The highest BCUT2D eigenvalue weighted by Crippen LogP contribution is 2.12. The van der Waals surface area contributed by atoms with E-state index < -0.39 is 11.9 Å². The molecule has 2 aromatic heterocycles. The average Bonchev–Trinajstić information content (AvgIpc) is 2.60. The van der Waals surface area contributed by atoms with Crippen LogP contribution >= 0.6 is 0 Å². The Morgan fingerprint density at radius 1 is 1.47 bits per heavy atom. The summed E-state index contributed by atoms with van der Waals surface area (Å²) in [6.07, 6.45) is 0.428. The monoisotopic (exact) mass is 233 g/mol. The van der Waals surface area contributed by atoms with Crippen LogP contribution in [-0.2, 0) is 11.2 Å². The van der Waals surface area contributed by atoms with Gasteiger partial charge in [0.15, 0.2) is 5.65 Å². The molecule has 5 heteroatoms. The predicted octanol–water partition coefficient (Wildman–Crippen LogP) is 1.61. The summed E-state index contributed by atoms with van der Waals surface area (Å²) in [5.41, 5.74) is 3.48. The predicted molar refractivity (Wildman–Crippen MR) is 63.0 cm³/mol. The third kappa shape index (κ3) is 2.27. The third-order valence-electron chi connectivity index (χ3n) is 2.72. The summed E-state index contributed by atoms with van der Waals surface area (Å²) in [6, 6.07) is 3.80. The summed E-state index contributed by atoms with van der Waals surface area (Å²) >= 11 is 0. The van der Waals surface area contributed by atoms with Crippen molar-refractivity contribution in [2.24, 2.45) is 5.92 Å². The van der Waals surface area contributed by atoms with Gasteiger partial charge in [-0.15, -0.1) is 0 Å². The van der Waals surface area contributed by atoms with Crippen LogP contribution in [0.25, 0.3) is 5.65 Å². The molecule has 5 nitrogen and oxygen atoms in total. The molecule has 0 aliphatic carbocycles. The highest BCUT2D eigenvalue weighted by Gasteiger charge is 2.14. The smallest absolute Gasteiger partial charge is 0.306 e. The summed E-state index contributed by atoms with van der Waals surface area (Å²) in [7, 11) is 0. The second kappa shape index (κ2) is 4.16. The van der Waals surface area contributed by atoms with Gasteiger partial charge in [-0.05, 0) is 19.9 Å². The first kappa shape index (κ1) is 11.6. The normalized spacial score (nSPS) is 12.9. The number of carboxylic acids is 1. The minimum Gasteiger partial charge on any atom is -0.481 e. The number of hydrogen-bond donors (Lipinski definition) is 1. The maximum atomic E-state index is 10.8. The van der Waals surface area contributed by atoms with Crippen LogP contribution < -0.4 is 0 Å². The third-order valence-corrected chi connectivity index (χ3v) is 2.72. The minimum absolute atomic E-state index is 0.428.